The molecule has 1 aromatic heterocycles. The SMILES string of the molecule is CCNC(=NCc1ccc(Oc2ccc(F)cc2)nc1)NCCN(C)CCCOC.I. The van der Waals surface area contributed by atoms with E-state index in [2.05, 4.69) is 32.6 Å². The number of hydrogen-bond acceptors (Lipinski definition) is 5. The molecular weight excluding hydrogens is 512 g/mol. The number of benzene rings is 1. The Morgan fingerprint density at radius 1 is 1.13 bits per heavy atom. The van der Waals surface area contributed by atoms with Crippen LogP contribution >= 0.6 is 24.0 Å². The third-order valence-electron chi connectivity index (χ3n) is 4.27. The van der Waals surface area contributed by atoms with Crippen LogP contribution in [0.1, 0.15) is 18.9 Å². The minimum absolute atomic E-state index is 0. The minimum Gasteiger partial charge on any atom is -0.439 e. The van der Waals surface area contributed by atoms with Gasteiger partial charge in [0.1, 0.15) is 11.6 Å². The molecule has 0 saturated heterocycles. The molecule has 7 nitrogen and oxygen atoms in total. The molecule has 0 radical (unpaired) electrons. The van der Waals surface area contributed by atoms with E-state index in [9.17, 15) is 4.39 Å². The topological polar surface area (TPSA) is 71.0 Å². The minimum atomic E-state index is -0.300. The van der Waals surface area contributed by atoms with Gasteiger partial charge in [0.15, 0.2) is 5.96 Å². The fraction of sp³-hybridized carbons (Fsp3) is 0.455. The van der Waals surface area contributed by atoms with Gasteiger partial charge in [0.25, 0.3) is 0 Å². The lowest BCUT2D eigenvalue weighted by Gasteiger charge is -2.18. The number of ether oxygens (including phenoxy) is 2. The van der Waals surface area contributed by atoms with Crippen molar-refractivity contribution < 1.29 is 13.9 Å². The molecule has 0 atom stereocenters. The number of pyridine rings is 1. The number of rotatable bonds is 12. The van der Waals surface area contributed by atoms with Crippen molar-refractivity contribution in [2.24, 2.45) is 4.99 Å². The normalized spacial score (nSPS) is 11.2. The summed E-state index contributed by atoms with van der Waals surface area (Å²) in [6.45, 7) is 6.84. The zero-order valence-corrected chi connectivity index (χ0v) is 20.8. The Balaban J connectivity index is 0.00000480. The molecule has 2 rings (SSSR count). The number of aromatic nitrogens is 1. The molecule has 1 heterocycles. The number of aliphatic imine (C=N–C) groups is 1. The zero-order valence-electron chi connectivity index (χ0n) is 18.4. The Kier molecular flexibility index (Phi) is 13.8. The van der Waals surface area contributed by atoms with Gasteiger partial charge in [-0.25, -0.2) is 14.4 Å². The van der Waals surface area contributed by atoms with Crippen molar-refractivity contribution >= 4 is 29.9 Å². The standard InChI is InChI=1S/C22H32FN5O2.HI/c1-4-24-22(25-12-14-28(2)13-5-15-29-3)27-17-18-6-11-21(26-16-18)30-20-9-7-19(23)8-10-20;/h6-11,16H,4-5,12-15,17H2,1-3H3,(H2,24,25,27);1H. The number of likely N-dealkylation sites (N-methyl/N-ethyl adjacent to an activating group) is 1. The molecule has 1 aromatic carbocycles. The molecule has 0 bridgehead atoms. The van der Waals surface area contributed by atoms with Crippen molar-refractivity contribution in [3.05, 3.63) is 54.0 Å². The highest BCUT2D eigenvalue weighted by molar-refractivity contribution is 14.0. The second-order valence-electron chi connectivity index (χ2n) is 6.83. The molecule has 0 aliphatic heterocycles. The van der Waals surface area contributed by atoms with Crippen LogP contribution in [0.2, 0.25) is 0 Å². The van der Waals surface area contributed by atoms with E-state index in [4.69, 9.17) is 9.47 Å². The lowest BCUT2D eigenvalue weighted by Crippen LogP contribution is -2.41. The quantitative estimate of drug-likeness (QED) is 0.184. The van der Waals surface area contributed by atoms with Gasteiger partial charge >= 0.3 is 0 Å². The van der Waals surface area contributed by atoms with E-state index in [1.54, 1.807) is 31.5 Å². The van der Waals surface area contributed by atoms with Crippen molar-refractivity contribution in [3.8, 4) is 11.6 Å². The summed E-state index contributed by atoms with van der Waals surface area (Å²) in [5.74, 6) is 1.47. The maximum absolute atomic E-state index is 13.0. The van der Waals surface area contributed by atoms with Crippen LogP contribution in [0.3, 0.4) is 0 Å². The van der Waals surface area contributed by atoms with Crippen molar-refractivity contribution in [2.45, 2.75) is 19.9 Å². The summed E-state index contributed by atoms with van der Waals surface area (Å²) in [5.41, 5.74) is 0.968. The number of hydrogen-bond donors (Lipinski definition) is 2. The number of halogens is 2. The summed E-state index contributed by atoms with van der Waals surface area (Å²) >= 11 is 0. The number of guanidine groups is 1. The van der Waals surface area contributed by atoms with E-state index in [0.29, 0.717) is 18.2 Å². The van der Waals surface area contributed by atoms with E-state index in [1.165, 1.54) is 12.1 Å². The van der Waals surface area contributed by atoms with Gasteiger partial charge in [-0.1, -0.05) is 6.07 Å². The van der Waals surface area contributed by atoms with Crippen molar-refractivity contribution in [3.63, 3.8) is 0 Å². The summed E-state index contributed by atoms with van der Waals surface area (Å²) in [7, 11) is 3.82. The van der Waals surface area contributed by atoms with Gasteiger partial charge in [-0.3, -0.25) is 0 Å². The average molecular weight is 545 g/mol. The second kappa shape index (κ2) is 15.8. The van der Waals surface area contributed by atoms with Crippen LogP contribution in [0.5, 0.6) is 11.6 Å². The first-order valence-electron chi connectivity index (χ1n) is 10.2. The molecule has 31 heavy (non-hydrogen) atoms. The number of methoxy groups -OCH3 is 1. The maximum atomic E-state index is 13.0. The molecule has 9 heteroatoms. The fourth-order valence-corrected chi connectivity index (χ4v) is 2.66. The van der Waals surface area contributed by atoms with Gasteiger partial charge in [0.05, 0.1) is 6.54 Å². The zero-order chi connectivity index (χ0) is 21.6. The van der Waals surface area contributed by atoms with Crippen LogP contribution in [0.15, 0.2) is 47.6 Å². The monoisotopic (exact) mass is 545 g/mol. The van der Waals surface area contributed by atoms with E-state index in [0.717, 1.165) is 50.7 Å². The lowest BCUT2D eigenvalue weighted by molar-refractivity contribution is 0.180. The van der Waals surface area contributed by atoms with E-state index < -0.39 is 0 Å². The summed E-state index contributed by atoms with van der Waals surface area (Å²) in [4.78, 5) is 11.2. The first-order valence-corrected chi connectivity index (χ1v) is 10.2. The van der Waals surface area contributed by atoms with E-state index >= 15 is 0 Å². The highest BCUT2D eigenvalue weighted by Crippen LogP contribution is 2.19. The van der Waals surface area contributed by atoms with Crippen LogP contribution in [0.4, 0.5) is 4.39 Å². The highest BCUT2D eigenvalue weighted by Gasteiger charge is 2.03. The second-order valence-corrected chi connectivity index (χ2v) is 6.83. The van der Waals surface area contributed by atoms with Gasteiger partial charge in [-0.05, 0) is 50.2 Å². The molecule has 172 valence electrons. The van der Waals surface area contributed by atoms with Gasteiger partial charge in [0.2, 0.25) is 5.88 Å². The summed E-state index contributed by atoms with van der Waals surface area (Å²) in [6, 6.07) is 9.54. The molecule has 0 fully saturated rings. The Morgan fingerprint density at radius 3 is 2.55 bits per heavy atom. The molecule has 0 spiro atoms. The van der Waals surface area contributed by atoms with Gasteiger partial charge in [-0.2, -0.15) is 0 Å². The van der Waals surface area contributed by atoms with Crippen LogP contribution in [-0.2, 0) is 11.3 Å². The Labute approximate surface area is 201 Å². The van der Waals surface area contributed by atoms with Gasteiger partial charge in [0, 0.05) is 52.2 Å². The van der Waals surface area contributed by atoms with Gasteiger partial charge in [-0.15, -0.1) is 24.0 Å². The molecule has 2 aromatic rings. The Hall–Kier alpha value is -1.98. The third-order valence-corrected chi connectivity index (χ3v) is 4.27. The number of nitrogens with zero attached hydrogens (tertiary/aromatic N) is 3. The molecule has 0 amide bonds. The van der Waals surface area contributed by atoms with Crippen molar-refractivity contribution in [2.75, 3.05) is 46.9 Å². The highest BCUT2D eigenvalue weighted by atomic mass is 127. The average Bonchev–Trinajstić information content (AvgIpc) is 2.75. The predicted molar refractivity (Wildman–Crippen MR) is 133 cm³/mol. The van der Waals surface area contributed by atoms with Crippen LogP contribution in [0.25, 0.3) is 0 Å². The van der Waals surface area contributed by atoms with Crippen molar-refractivity contribution in [1.29, 1.82) is 0 Å². The lowest BCUT2D eigenvalue weighted by atomic mass is 10.3. The van der Waals surface area contributed by atoms with Crippen LogP contribution in [-0.4, -0.2) is 62.8 Å². The third kappa shape index (κ3) is 11.3. The molecule has 0 unspecified atom stereocenters. The largest absolute Gasteiger partial charge is 0.439 e. The fourth-order valence-electron chi connectivity index (χ4n) is 2.66. The summed E-state index contributed by atoms with van der Waals surface area (Å²) in [5, 5.41) is 6.60. The van der Waals surface area contributed by atoms with Gasteiger partial charge < -0.3 is 25.0 Å². The Bertz CT molecular complexity index is 760. The van der Waals surface area contributed by atoms with E-state index in [1.807, 2.05) is 13.0 Å². The van der Waals surface area contributed by atoms with E-state index in [-0.39, 0.29) is 29.8 Å². The maximum Gasteiger partial charge on any atom is 0.219 e. The Morgan fingerprint density at radius 2 is 1.90 bits per heavy atom. The van der Waals surface area contributed by atoms with Crippen LogP contribution < -0.4 is 15.4 Å². The van der Waals surface area contributed by atoms with Crippen molar-refractivity contribution in [1.82, 2.24) is 20.5 Å². The summed E-state index contributed by atoms with van der Waals surface area (Å²) in [6.07, 6.45) is 2.75. The van der Waals surface area contributed by atoms with Crippen LogP contribution in [0, 0.1) is 5.82 Å². The first kappa shape index (κ1) is 27.1. The number of nitrogens with one attached hydrogen (secondary N) is 2. The molecular formula is C22H33FIN5O2. The molecule has 0 aliphatic rings. The molecule has 0 saturated carbocycles. The molecule has 2 N–H and O–H groups in total. The first-order chi connectivity index (χ1) is 14.6. The summed E-state index contributed by atoms with van der Waals surface area (Å²) < 4.78 is 23.7. The smallest absolute Gasteiger partial charge is 0.219 e. The molecule has 0 aliphatic carbocycles. The predicted octanol–water partition coefficient (Wildman–Crippen LogP) is 3.65.